The van der Waals surface area contributed by atoms with E-state index in [-0.39, 0.29) is 0 Å². The van der Waals surface area contributed by atoms with Crippen LogP contribution in [0.15, 0.2) is 12.2 Å². The predicted molar refractivity (Wildman–Crippen MR) is 59.9 cm³/mol. The highest BCUT2D eigenvalue weighted by molar-refractivity contribution is 7.98. The Labute approximate surface area is 81.0 Å². The molecule has 0 aromatic carbocycles. The van der Waals surface area contributed by atoms with E-state index in [1.165, 1.54) is 31.6 Å². The van der Waals surface area contributed by atoms with Crippen LogP contribution in [0.25, 0.3) is 0 Å². The van der Waals surface area contributed by atoms with E-state index < -0.39 is 0 Å². The van der Waals surface area contributed by atoms with Gasteiger partial charge in [0.2, 0.25) is 0 Å². The van der Waals surface area contributed by atoms with Crippen LogP contribution in [0.4, 0.5) is 0 Å². The van der Waals surface area contributed by atoms with Gasteiger partial charge < -0.3 is 5.32 Å². The van der Waals surface area contributed by atoms with Gasteiger partial charge in [-0.05, 0) is 51.3 Å². The van der Waals surface area contributed by atoms with E-state index in [4.69, 9.17) is 0 Å². The summed E-state index contributed by atoms with van der Waals surface area (Å²) >= 11 is 1.93. The third-order valence-electron chi connectivity index (χ3n) is 1.68. The highest BCUT2D eigenvalue weighted by atomic mass is 32.2. The van der Waals surface area contributed by atoms with Gasteiger partial charge in [-0.2, -0.15) is 11.8 Å². The molecule has 0 saturated carbocycles. The van der Waals surface area contributed by atoms with Crippen molar-refractivity contribution in [3.63, 3.8) is 0 Å². The molecule has 0 aliphatic rings. The van der Waals surface area contributed by atoms with Gasteiger partial charge in [0.15, 0.2) is 0 Å². The SMILES string of the molecule is C/C=C/CCNCCCCSC. The molecule has 0 saturated heterocycles. The van der Waals surface area contributed by atoms with E-state index in [9.17, 15) is 0 Å². The average Bonchev–Trinajstić information content (AvgIpc) is 2.10. The summed E-state index contributed by atoms with van der Waals surface area (Å²) in [5.41, 5.74) is 0. The van der Waals surface area contributed by atoms with Crippen molar-refractivity contribution in [3.8, 4) is 0 Å². The largest absolute Gasteiger partial charge is 0.316 e. The Kier molecular flexibility index (Phi) is 11.1. The number of allylic oxidation sites excluding steroid dienone is 1. The maximum atomic E-state index is 3.42. The topological polar surface area (TPSA) is 12.0 Å². The maximum Gasteiger partial charge on any atom is -0.00143 e. The molecule has 0 aromatic heterocycles. The van der Waals surface area contributed by atoms with Crippen molar-refractivity contribution in [3.05, 3.63) is 12.2 Å². The molecule has 0 amide bonds. The van der Waals surface area contributed by atoms with E-state index in [1.54, 1.807) is 0 Å². The van der Waals surface area contributed by atoms with Gasteiger partial charge in [0.25, 0.3) is 0 Å². The lowest BCUT2D eigenvalue weighted by atomic mass is 10.3. The molecule has 12 heavy (non-hydrogen) atoms. The molecule has 1 N–H and O–H groups in total. The predicted octanol–water partition coefficient (Wildman–Crippen LogP) is 2.69. The van der Waals surface area contributed by atoms with E-state index >= 15 is 0 Å². The molecule has 2 heteroatoms. The molecule has 0 bridgehead atoms. The van der Waals surface area contributed by atoms with Crippen LogP contribution in [0, 0.1) is 0 Å². The Hall–Kier alpha value is 0.0500. The van der Waals surface area contributed by atoms with Crippen LogP contribution < -0.4 is 5.32 Å². The second kappa shape index (κ2) is 11.1. The van der Waals surface area contributed by atoms with Crippen molar-refractivity contribution in [1.82, 2.24) is 5.32 Å². The lowest BCUT2D eigenvalue weighted by Gasteiger charge is -2.01. The number of unbranched alkanes of at least 4 members (excludes halogenated alkanes) is 1. The first-order valence-corrected chi connectivity index (χ1v) is 6.12. The van der Waals surface area contributed by atoms with Gasteiger partial charge in [0, 0.05) is 0 Å². The molecule has 0 rings (SSSR count). The quantitative estimate of drug-likeness (QED) is 0.463. The lowest BCUT2D eigenvalue weighted by Crippen LogP contribution is -2.16. The molecule has 0 aliphatic carbocycles. The fourth-order valence-corrected chi connectivity index (χ4v) is 1.47. The third kappa shape index (κ3) is 10.0. The van der Waals surface area contributed by atoms with Crippen molar-refractivity contribution in [2.24, 2.45) is 0 Å². The summed E-state index contributed by atoms with van der Waals surface area (Å²) in [6.45, 7) is 4.38. The Bertz CT molecular complexity index is 102. The number of rotatable bonds is 8. The number of hydrogen-bond acceptors (Lipinski definition) is 2. The second-order valence-electron chi connectivity index (χ2n) is 2.81. The van der Waals surface area contributed by atoms with Crippen molar-refractivity contribution in [2.45, 2.75) is 26.2 Å². The molecule has 0 unspecified atom stereocenters. The van der Waals surface area contributed by atoms with Crippen LogP contribution in [0.1, 0.15) is 26.2 Å². The number of hydrogen-bond donors (Lipinski definition) is 1. The highest BCUT2D eigenvalue weighted by Crippen LogP contribution is 1.97. The number of nitrogens with one attached hydrogen (secondary N) is 1. The van der Waals surface area contributed by atoms with Gasteiger partial charge >= 0.3 is 0 Å². The van der Waals surface area contributed by atoms with Crippen LogP contribution in [-0.2, 0) is 0 Å². The molecule has 0 fully saturated rings. The minimum atomic E-state index is 1.13. The Morgan fingerprint density at radius 1 is 1.25 bits per heavy atom. The van der Waals surface area contributed by atoms with E-state index in [0.717, 1.165) is 6.54 Å². The molecule has 0 radical (unpaired) electrons. The molecule has 1 nitrogen and oxygen atoms in total. The maximum absolute atomic E-state index is 3.42. The van der Waals surface area contributed by atoms with Crippen LogP contribution >= 0.6 is 11.8 Å². The fraction of sp³-hybridized carbons (Fsp3) is 0.800. The summed E-state index contributed by atoms with van der Waals surface area (Å²) < 4.78 is 0. The van der Waals surface area contributed by atoms with Gasteiger partial charge in [-0.15, -0.1) is 0 Å². The molecular formula is C10H21NS. The molecule has 0 spiro atoms. The highest BCUT2D eigenvalue weighted by Gasteiger charge is 1.86. The van der Waals surface area contributed by atoms with Gasteiger partial charge in [-0.3, -0.25) is 0 Å². The molecule has 0 heterocycles. The summed E-state index contributed by atoms with van der Waals surface area (Å²) in [5.74, 6) is 1.30. The van der Waals surface area contributed by atoms with Crippen molar-refractivity contribution < 1.29 is 0 Å². The second-order valence-corrected chi connectivity index (χ2v) is 3.79. The zero-order valence-electron chi connectivity index (χ0n) is 8.31. The normalized spacial score (nSPS) is 11.2. The number of thioether (sulfide) groups is 1. The Morgan fingerprint density at radius 2 is 2.08 bits per heavy atom. The minimum absolute atomic E-state index is 1.13. The molecule has 0 aliphatic heterocycles. The van der Waals surface area contributed by atoms with Crippen molar-refractivity contribution in [2.75, 3.05) is 25.1 Å². The van der Waals surface area contributed by atoms with Crippen LogP contribution in [0.2, 0.25) is 0 Å². The summed E-state index contributed by atoms with van der Waals surface area (Å²) in [4.78, 5) is 0. The summed E-state index contributed by atoms with van der Waals surface area (Å²) in [5, 5.41) is 3.42. The third-order valence-corrected chi connectivity index (χ3v) is 2.37. The van der Waals surface area contributed by atoms with Crippen molar-refractivity contribution >= 4 is 11.8 Å². The molecular weight excluding hydrogens is 166 g/mol. The van der Waals surface area contributed by atoms with E-state index in [0.29, 0.717) is 0 Å². The first-order valence-electron chi connectivity index (χ1n) is 4.72. The summed E-state index contributed by atoms with van der Waals surface area (Å²) in [7, 11) is 0. The van der Waals surface area contributed by atoms with Crippen LogP contribution in [-0.4, -0.2) is 25.1 Å². The first kappa shape index (κ1) is 12.0. The zero-order valence-corrected chi connectivity index (χ0v) is 9.12. The van der Waals surface area contributed by atoms with Crippen LogP contribution in [0.5, 0.6) is 0 Å². The van der Waals surface area contributed by atoms with E-state index in [2.05, 4.69) is 30.6 Å². The van der Waals surface area contributed by atoms with Gasteiger partial charge in [0.1, 0.15) is 0 Å². The average molecular weight is 187 g/mol. The molecule has 0 atom stereocenters. The van der Waals surface area contributed by atoms with Gasteiger partial charge in [-0.25, -0.2) is 0 Å². The standard InChI is InChI=1S/C10H21NS/c1-3-4-5-8-11-9-6-7-10-12-2/h3-4,11H,5-10H2,1-2H3/b4-3+. The lowest BCUT2D eigenvalue weighted by molar-refractivity contribution is 0.647. The summed E-state index contributed by atoms with van der Waals surface area (Å²) in [6.07, 6.45) is 10.3. The monoisotopic (exact) mass is 187 g/mol. The first-order chi connectivity index (χ1) is 5.91. The van der Waals surface area contributed by atoms with Gasteiger partial charge in [-0.1, -0.05) is 12.2 Å². The minimum Gasteiger partial charge on any atom is -0.316 e. The molecule has 72 valence electrons. The Balaban J connectivity index is 2.81. The zero-order chi connectivity index (χ0) is 9.07. The Morgan fingerprint density at radius 3 is 2.75 bits per heavy atom. The molecule has 0 aromatic rings. The van der Waals surface area contributed by atoms with Gasteiger partial charge in [0.05, 0.1) is 0 Å². The van der Waals surface area contributed by atoms with E-state index in [1.807, 2.05) is 11.8 Å². The van der Waals surface area contributed by atoms with Crippen molar-refractivity contribution in [1.29, 1.82) is 0 Å². The van der Waals surface area contributed by atoms with Crippen LogP contribution in [0.3, 0.4) is 0 Å². The smallest absolute Gasteiger partial charge is 0.00143 e. The summed E-state index contributed by atoms with van der Waals surface area (Å²) in [6, 6.07) is 0. The fourth-order valence-electron chi connectivity index (χ4n) is 0.973.